The summed E-state index contributed by atoms with van der Waals surface area (Å²) in [5, 5.41) is 10.8. The number of nitrogens with zero attached hydrogens (tertiary/aromatic N) is 5. The molecule has 0 atom stereocenters. The predicted molar refractivity (Wildman–Crippen MR) is 104 cm³/mol. The lowest BCUT2D eigenvalue weighted by Gasteiger charge is -2.32. The van der Waals surface area contributed by atoms with Crippen LogP contribution in [0.1, 0.15) is 32.0 Å². The average molecular weight is 435 g/mol. The second kappa shape index (κ2) is 10.8. The van der Waals surface area contributed by atoms with E-state index in [9.17, 15) is 0 Å². The summed E-state index contributed by atoms with van der Waals surface area (Å²) in [6, 6.07) is 0. The smallest absolute Gasteiger partial charge is 0.191 e. The third kappa shape index (κ3) is 6.62. The standard InChI is InChI=1S/C15H29N7.HI/c1-4-7-22-8-5-13(6-9-22)10-17-15(16-2)18-11-14-19-12-20-21(14)3;/h12-13H,4-11H2,1-3H3,(H2,16,17,18);1H. The van der Waals surface area contributed by atoms with Crippen molar-refractivity contribution in [3.05, 3.63) is 12.2 Å². The number of likely N-dealkylation sites (tertiary alicyclic amines) is 1. The maximum absolute atomic E-state index is 4.27. The lowest BCUT2D eigenvalue weighted by molar-refractivity contribution is 0.185. The molecule has 0 saturated carbocycles. The monoisotopic (exact) mass is 435 g/mol. The van der Waals surface area contributed by atoms with Gasteiger partial charge in [-0.2, -0.15) is 5.10 Å². The molecule has 0 bridgehead atoms. The number of aliphatic imine (C=N–C) groups is 1. The molecule has 2 rings (SSSR count). The Hall–Kier alpha value is -0.900. The lowest BCUT2D eigenvalue weighted by atomic mass is 9.97. The minimum absolute atomic E-state index is 0. The number of nitrogens with one attached hydrogen (secondary N) is 2. The zero-order valence-electron chi connectivity index (χ0n) is 14.5. The minimum atomic E-state index is 0. The Kier molecular flexibility index (Phi) is 9.46. The highest BCUT2D eigenvalue weighted by molar-refractivity contribution is 14.0. The van der Waals surface area contributed by atoms with Crippen molar-refractivity contribution in [2.75, 3.05) is 33.2 Å². The lowest BCUT2D eigenvalue weighted by Crippen LogP contribution is -2.43. The third-order valence-electron chi connectivity index (χ3n) is 4.25. The zero-order chi connectivity index (χ0) is 15.8. The van der Waals surface area contributed by atoms with Gasteiger partial charge in [0, 0.05) is 20.6 Å². The van der Waals surface area contributed by atoms with Gasteiger partial charge in [0.25, 0.3) is 0 Å². The number of aromatic nitrogens is 3. The molecule has 1 aliphatic rings. The van der Waals surface area contributed by atoms with Gasteiger partial charge in [-0.25, -0.2) is 4.98 Å². The molecule has 0 spiro atoms. The van der Waals surface area contributed by atoms with Crippen LogP contribution in [0.25, 0.3) is 0 Å². The van der Waals surface area contributed by atoms with Gasteiger partial charge >= 0.3 is 0 Å². The summed E-state index contributed by atoms with van der Waals surface area (Å²) in [5.41, 5.74) is 0. The van der Waals surface area contributed by atoms with Gasteiger partial charge in [0.1, 0.15) is 12.2 Å². The van der Waals surface area contributed by atoms with E-state index < -0.39 is 0 Å². The second-order valence-electron chi connectivity index (χ2n) is 5.89. The Labute approximate surface area is 156 Å². The summed E-state index contributed by atoms with van der Waals surface area (Å²) in [6.45, 7) is 7.56. The highest BCUT2D eigenvalue weighted by atomic mass is 127. The summed E-state index contributed by atoms with van der Waals surface area (Å²) in [6.07, 6.45) is 5.36. The first-order valence-electron chi connectivity index (χ1n) is 8.22. The molecule has 23 heavy (non-hydrogen) atoms. The topological polar surface area (TPSA) is 70.4 Å². The van der Waals surface area contributed by atoms with Crippen molar-refractivity contribution in [3.63, 3.8) is 0 Å². The molecular weight excluding hydrogens is 405 g/mol. The van der Waals surface area contributed by atoms with E-state index in [0.717, 1.165) is 24.2 Å². The zero-order valence-corrected chi connectivity index (χ0v) is 16.8. The Balaban J connectivity index is 0.00000264. The van der Waals surface area contributed by atoms with Crippen LogP contribution in [0, 0.1) is 5.92 Å². The SMILES string of the molecule is CCCN1CCC(CNC(=NC)NCc2ncnn2C)CC1.I. The molecule has 0 aliphatic carbocycles. The number of piperidine rings is 1. The molecule has 7 nitrogen and oxygen atoms in total. The van der Waals surface area contributed by atoms with Gasteiger partial charge < -0.3 is 15.5 Å². The average Bonchev–Trinajstić information content (AvgIpc) is 2.94. The van der Waals surface area contributed by atoms with Gasteiger partial charge in [0.15, 0.2) is 5.96 Å². The molecule has 2 heterocycles. The Morgan fingerprint density at radius 3 is 2.65 bits per heavy atom. The fraction of sp³-hybridized carbons (Fsp3) is 0.800. The number of rotatable bonds is 6. The molecule has 1 aromatic heterocycles. The van der Waals surface area contributed by atoms with Crippen LogP contribution in [-0.2, 0) is 13.6 Å². The molecule has 1 aromatic rings. The molecule has 8 heteroatoms. The van der Waals surface area contributed by atoms with E-state index in [1.54, 1.807) is 18.1 Å². The van der Waals surface area contributed by atoms with Gasteiger partial charge in [0.2, 0.25) is 0 Å². The summed E-state index contributed by atoms with van der Waals surface area (Å²) in [5.74, 6) is 2.47. The highest BCUT2D eigenvalue weighted by Crippen LogP contribution is 2.16. The molecule has 1 fully saturated rings. The summed E-state index contributed by atoms with van der Waals surface area (Å²) >= 11 is 0. The van der Waals surface area contributed by atoms with Crippen LogP contribution < -0.4 is 10.6 Å². The molecule has 1 aliphatic heterocycles. The van der Waals surface area contributed by atoms with E-state index in [1.165, 1.54) is 38.9 Å². The van der Waals surface area contributed by atoms with Crippen molar-refractivity contribution in [2.24, 2.45) is 18.0 Å². The first kappa shape index (κ1) is 20.1. The van der Waals surface area contributed by atoms with E-state index in [-0.39, 0.29) is 24.0 Å². The Morgan fingerprint density at radius 1 is 1.35 bits per heavy atom. The largest absolute Gasteiger partial charge is 0.356 e. The number of halogens is 1. The number of hydrogen-bond donors (Lipinski definition) is 2. The number of hydrogen-bond acceptors (Lipinski definition) is 4. The van der Waals surface area contributed by atoms with Crippen molar-refractivity contribution in [1.29, 1.82) is 0 Å². The van der Waals surface area contributed by atoms with Gasteiger partial charge in [-0.05, 0) is 44.8 Å². The van der Waals surface area contributed by atoms with E-state index in [0.29, 0.717) is 6.54 Å². The Morgan fingerprint density at radius 2 is 2.09 bits per heavy atom. The molecule has 2 N–H and O–H groups in total. The van der Waals surface area contributed by atoms with Gasteiger partial charge in [-0.3, -0.25) is 9.67 Å². The predicted octanol–water partition coefficient (Wildman–Crippen LogP) is 1.22. The van der Waals surface area contributed by atoms with Crippen LogP contribution in [0.3, 0.4) is 0 Å². The van der Waals surface area contributed by atoms with Crippen LogP contribution >= 0.6 is 24.0 Å². The molecule has 0 aromatic carbocycles. The molecule has 132 valence electrons. The molecule has 1 saturated heterocycles. The van der Waals surface area contributed by atoms with Gasteiger partial charge in [-0.15, -0.1) is 24.0 Å². The van der Waals surface area contributed by atoms with E-state index >= 15 is 0 Å². The molecule has 0 amide bonds. The van der Waals surface area contributed by atoms with Crippen molar-refractivity contribution >= 4 is 29.9 Å². The van der Waals surface area contributed by atoms with Crippen molar-refractivity contribution in [1.82, 2.24) is 30.3 Å². The van der Waals surface area contributed by atoms with Crippen molar-refractivity contribution in [2.45, 2.75) is 32.7 Å². The van der Waals surface area contributed by atoms with Crippen LogP contribution in [0.2, 0.25) is 0 Å². The fourth-order valence-corrected chi connectivity index (χ4v) is 2.83. The fourth-order valence-electron chi connectivity index (χ4n) is 2.83. The normalized spacial score (nSPS) is 16.9. The minimum Gasteiger partial charge on any atom is -0.356 e. The molecule has 0 unspecified atom stereocenters. The third-order valence-corrected chi connectivity index (χ3v) is 4.25. The van der Waals surface area contributed by atoms with E-state index in [4.69, 9.17) is 0 Å². The first-order chi connectivity index (χ1) is 10.7. The highest BCUT2D eigenvalue weighted by Gasteiger charge is 2.18. The van der Waals surface area contributed by atoms with Crippen LogP contribution in [0.4, 0.5) is 0 Å². The quantitative estimate of drug-likeness (QED) is 0.400. The number of guanidine groups is 1. The van der Waals surface area contributed by atoms with Gasteiger partial charge in [-0.1, -0.05) is 6.92 Å². The van der Waals surface area contributed by atoms with E-state index in [2.05, 4.69) is 37.5 Å². The van der Waals surface area contributed by atoms with Crippen molar-refractivity contribution < 1.29 is 0 Å². The van der Waals surface area contributed by atoms with Crippen LogP contribution in [0.5, 0.6) is 0 Å². The van der Waals surface area contributed by atoms with Gasteiger partial charge in [0.05, 0.1) is 6.54 Å². The first-order valence-corrected chi connectivity index (χ1v) is 8.22. The second-order valence-corrected chi connectivity index (χ2v) is 5.89. The van der Waals surface area contributed by atoms with Crippen molar-refractivity contribution in [3.8, 4) is 0 Å². The molecule has 0 radical (unpaired) electrons. The van der Waals surface area contributed by atoms with E-state index in [1.807, 2.05) is 7.05 Å². The maximum atomic E-state index is 4.27. The summed E-state index contributed by atoms with van der Waals surface area (Å²) in [4.78, 5) is 11.0. The summed E-state index contributed by atoms with van der Waals surface area (Å²) in [7, 11) is 3.69. The molecular formula is C15H30IN7. The van der Waals surface area contributed by atoms with Crippen LogP contribution in [-0.4, -0.2) is 58.9 Å². The maximum Gasteiger partial charge on any atom is 0.191 e. The van der Waals surface area contributed by atoms with Crippen LogP contribution in [0.15, 0.2) is 11.3 Å². The Bertz CT molecular complexity index is 466. The summed E-state index contributed by atoms with van der Waals surface area (Å²) < 4.78 is 1.77. The number of aryl methyl sites for hydroxylation is 1.